The molecule has 1 aliphatic carbocycles. The molecule has 0 fully saturated rings. The van der Waals surface area contributed by atoms with Crippen molar-refractivity contribution in [2.45, 2.75) is 18.6 Å². The second-order valence-corrected chi connectivity index (χ2v) is 4.54. The SMILES string of the molecule is N[C@H]1c2ccccc2C[C@@H]1OS(=O)(=O)O. The van der Waals surface area contributed by atoms with Crippen molar-refractivity contribution < 1.29 is 17.2 Å². The van der Waals surface area contributed by atoms with Gasteiger partial charge in [0.25, 0.3) is 0 Å². The Hall–Kier alpha value is -0.950. The Morgan fingerprint density at radius 2 is 2.07 bits per heavy atom. The van der Waals surface area contributed by atoms with E-state index in [1.54, 1.807) is 0 Å². The molecule has 2 rings (SSSR count). The molecule has 1 aromatic rings. The molecule has 2 atom stereocenters. The summed E-state index contributed by atoms with van der Waals surface area (Å²) in [4.78, 5) is 0. The van der Waals surface area contributed by atoms with E-state index in [2.05, 4.69) is 4.18 Å². The van der Waals surface area contributed by atoms with E-state index in [0.29, 0.717) is 6.42 Å². The fourth-order valence-corrected chi connectivity index (χ4v) is 2.34. The number of hydrogen-bond donors (Lipinski definition) is 2. The molecule has 0 aromatic heterocycles. The highest BCUT2D eigenvalue weighted by Gasteiger charge is 2.33. The summed E-state index contributed by atoms with van der Waals surface area (Å²) in [6.07, 6.45) is -0.311. The summed E-state index contributed by atoms with van der Waals surface area (Å²) in [6, 6.07) is 6.86. The Kier molecular flexibility index (Phi) is 2.51. The Morgan fingerprint density at radius 3 is 2.67 bits per heavy atom. The molecule has 6 heteroatoms. The molecule has 0 aliphatic heterocycles. The topological polar surface area (TPSA) is 89.6 Å². The van der Waals surface area contributed by atoms with E-state index < -0.39 is 22.5 Å². The van der Waals surface area contributed by atoms with Gasteiger partial charge in [0.1, 0.15) is 6.10 Å². The summed E-state index contributed by atoms with van der Waals surface area (Å²) >= 11 is 0. The lowest BCUT2D eigenvalue weighted by Gasteiger charge is -2.13. The molecule has 0 spiro atoms. The molecule has 1 aliphatic rings. The van der Waals surface area contributed by atoms with Crippen molar-refractivity contribution in [2.24, 2.45) is 5.73 Å². The van der Waals surface area contributed by atoms with Gasteiger partial charge in [-0.25, -0.2) is 4.18 Å². The van der Waals surface area contributed by atoms with Crippen LogP contribution in [0.5, 0.6) is 0 Å². The third-order valence-corrected chi connectivity index (χ3v) is 2.97. The maximum atomic E-state index is 10.6. The Bertz CT molecular complexity index is 471. The van der Waals surface area contributed by atoms with Gasteiger partial charge >= 0.3 is 10.4 Å². The quantitative estimate of drug-likeness (QED) is 0.718. The lowest BCUT2D eigenvalue weighted by molar-refractivity contribution is 0.167. The standard InChI is InChI=1S/C9H11NO4S/c10-9-7-4-2-1-3-6(7)5-8(9)14-15(11,12)13/h1-4,8-9H,5,10H2,(H,11,12,13)/t8-,9-/m0/s1. The average molecular weight is 229 g/mol. The van der Waals surface area contributed by atoms with E-state index in [0.717, 1.165) is 11.1 Å². The van der Waals surface area contributed by atoms with Crippen LogP contribution in [0.4, 0.5) is 0 Å². The van der Waals surface area contributed by atoms with Crippen LogP contribution >= 0.6 is 0 Å². The molecule has 82 valence electrons. The molecule has 0 saturated carbocycles. The Morgan fingerprint density at radius 1 is 1.40 bits per heavy atom. The molecule has 1 aromatic carbocycles. The van der Waals surface area contributed by atoms with Crippen LogP contribution in [-0.2, 0) is 21.0 Å². The predicted octanol–water partition coefficient (Wildman–Crippen LogP) is 0.431. The first-order valence-corrected chi connectivity index (χ1v) is 5.83. The van der Waals surface area contributed by atoms with Gasteiger partial charge in [-0.05, 0) is 11.1 Å². The second-order valence-electron chi connectivity index (χ2n) is 3.49. The Balaban J connectivity index is 2.24. The molecule has 0 bridgehead atoms. The van der Waals surface area contributed by atoms with Crippen LogP contribution in [-0.4, -0.2) is 19.1 Å². The van der Waals surface area contributed by atoms with Crippen LogP contribution in [0.25, 0.3) is 0 Å². The monoisotopic (exact) mass is 229 g/mol. The zero-order valence-corrected chi connectivity index (χ0v) is 8.65. The summed E-state index contributed by atoms with van der Waals surface area (Å²) in [5.74, 6) is 0. The van der Waals surface area contributed by atoms with E-state index in [1.165, 1.54) is 0 Å². The average Bonchev–Trinajstić information content (AvgIpc) is 2.42. The van der Waals surface area contributed by atoms with Gasteiger partial charge in [-0.2, -0.15) is 8.42 Å². The minimum Gasteiger partial charge on any atom is -0.322 e. The third kappa shape index (κ3) is 2.18. The van der Waals surface area contributed by atoms with E-state index in [4.69, 9.17) is 10.3 Å². The molecular weight excluding hydrogens is 218 g/mol. The Labute approximate surface area is 87.8 Å². The van der Waals surface area contributed by atoms with E-state index in [1.807, 2.05) is 24.3 Å². The fraction of sp³-hybridized carbons (Fsp3) is 0.333. The van der Waals surface area contributed by atoms with Gasteiger partial charge in [0.05, 0.1) is 6.04 Å². The van der Waals surface area contributed by atoms with Crippen molar-refractivity contribution in [1.82, 2.24) is 0 Å². The van der Waals surface area contributed by atoms with Crippen molar-refractivity contribution in [1.29, 1.82) is 0 Å². The maximum Gasteiger partial charge on any atom is 0.397 e. The van der Waals surface area contributed by atoms with Crippen LogP contribution in [0.2, 0.25) is 0 Å². The van der Waals surface area contributed by atoms with Crippen molar-refractivity contribution >= 4 is 10.4 Å². The van der Waals surface area contributed by atoms with E-state index >= 15 is 0 Å². The highest BCUT2D eigenvalue weighted by molar-refractivity contribution is 7.80. The fourth-order valence-electron chi connectivity index (χ4n) is 1.84. The number of nitrogens with two attached hydrogens (primary N) is 1. The van der Waals surface area contributed by atoms with Crippen LogP contribution in [0.3, 0.4) is 0 Å². The van der Waals surface area contributed by atoms with E-state index in [9.17, 15) is 8.42 Å². The van der Waals surface area contributed by atoms with Crippen LogP contribution in [0.15, 0.2) is 24.3 Å². The zero-order chi connectivity index (χ0) is 11.1. The van der Waals surface area contributed by atoms with Crippen molar-refractivity contribution in [2.75, 3.05) is 0 Å². The van der Waals surface area contributed by atoms with Crippen molar-refractivity contribution in [3.8, 4) is 0 Å². The van der Waals surface area contributed by atoms with Crippen molar-refractivity contribution in [3.05, 3.63) is 35.4 Å². The van der Waals surface area contributed by atoms with Gasteiger partial charge in [-0.1, -0.05) is 24.3 Å². The molecule has 0 amide bonds. The molecule has 0 heterocycles. The summed E-state index contributed by atoms with van der Waals surface area (Å²) in [6.45, 7) is 0. The lowest BCUT2D eigenvalue weighted by atomic mass is 10.1. The normalized spacial score (nSPS) is 25.2. The van der Waals surface area contributed by atoms with Gasteiger partial charge in [0, 0.05) is 6.42 Å². The highest BCUT2D eigenvalue weighted by atomic mass is 32.3. The summed E-state index contributed by atoms with van der Waals surface area (Å²) in [5, 5.41) is 0. The first kappa shape index (κ1) is 10.6. The number of benzene rings is 1. The predicted molar refractivity (Wildman–Crippen MR) is 53.5 cm³/mol. The van der Waals surface area contributed by atoms with Crippen LogP contribution < -0.4 is 5.73 Å². The third-order valence-electron chi connectivity index (χ3n) is 2.48. The summed E-state index contributed by atoms with van der Waals surface area (Å²) in [5.41, 5.74) is 7.62. The van der Waals surface area contributed by atoms with Crippen LogP contribution in [0, 0.1) is 0 Å². The first-order valence-electron chi connectivity index (χ1n) is 4.46. The molecule has 15 heavy (non-hydrogen) atoms. The van der Waals surface area contributed by atoms with E-state index in [-0.39, 0.29) is 0 Å². The summed E-state index contributed by atoms with van der Waals surface area (Å²) < 4.78 is 34.2. The second kappa shape index (κ2) is 3.57. The summed E-state index contributed by atoms with van der Waals surface area (Å²) in [7, 11) is -4.44. The van der Waals surface area contributed by atoms with Gasteiger partial charge in [0.2, 0.25) is 0 Å². The largest absolute Gasteiger partial charge is 0.397 e. The van der Waals surface area contributed by atoms with Gasteiger partial charge in [-0.3, -0.25) is 4.55 Å². The maximum absolute atomic E-state index is 10.6. The molecule has 0 unspecified atom stereocenters. The van der Waals surface area contributed by atoms with Gasteiger partial charge < -0.3 is 5.73 Å². The zero-order valence-electron chi connectivity index (χ0n) is 7.83. The van der Waals surface area contributed by atoms with Gasteiger partial charge in [0.15, 0.2) is 0 Å². The molecular formula is C9H11NO4S. The molecule has 0 saturated heterocycles. The minimum absolute atomic E-state index is 0.400. The van der Waals surface area contributed by atoms with Crippen molar-refractivity contribution in [3.63, 3.8) is 0 Å². The highest BCUT2D eigenvalue weighted by Crippen LogP contribution is 2.31. The van der Waals surface area contributed by atoms with Gasteiger partial charge in [-0.15, -0.1) is 0 Å². The molecule has 5 nitrogen and oxygen atoms in total. The first-order chi connectivity index (χ1) is 6.97. The van der Waals surface area contributed by atoms with Crippen LogP contribution in [0.1, 0.15) is 17.2 Å². The minimum atomic E-state index is -4.44. The smallest absolute Gasteiger partial charge is 0.322 e. The molecule has 0 radical (unpaired) electrons. The number of hydrogen-bond acceptors (Lipinski definition) is 4. The number of rotatable bonds is 2. The molecule has 3 N–H and O–H groups in total. The lowest BCUT2D eigenvalue weighted by Crippen LogP contribution is -2.27. The number of fused-ring (bicyclic) bond motifs is 1.